The van der Waals surface area contributed by atoms with E-state index in [1.807, 2.05) is 13.8 Å². The summed E-state index contributed by atoms with van der Waals surface area (Å²) in [7, 11) is 1.66. The zero-order valence-corrected chi connectivity index (χ0v) is 9.62. The molecule has 84 valence electrons. The van der Waals surface area contributed by atoms with Crippen molar-refractivity contribution in [2.24, 2.45) is 12.8 Å². The number of carboxylic acids is 1. The van der Waals surface area contributed by atoms with Crippen molar-refractivity contribution in [1.29, 1.82) is 0 Å². The summed E-state index contributed by atoms with van der Waals surface area (Å²) in [4.78, 5) is 10.8. The van der Waals surface area contributed by atoms with E-state index in [0.717, 1.165) is 0 Å². The third-order valence-corrected chi connectivity index (χ3v) is 2.61. The van der Waals surface area contributed by atoms with Crippen molar-refractivity contribution in [3.8, 4) is 0 Å². The van der Waals surface area contributed by atoms with E-state index in [9.17, 15) is 4.79 Å². The van der Waals surface area contributed by atoms with Crippen LogP contribution in [-0.4, -0.2) is 20.9 Å². The number of nitrogens with two attached hydrogens (primary N) is 1. The van der Waals surface area contributed by atoms with Crippen molar-refractivity contribution < 1.29 is 9.90 Å². The number of rotatable bonds is 3. The Bertz CT molecular complexity index is 387. The molecule has 6 heteroatoms. The fraction of sp³-hybridized carbons (Fsp3) is 0.556. The maximum atomic E-state index is 10.8. The average Bonchev–Trinajstić information content (AvgIpc) is 2.42. The number of aromatic nitrogens is 2. The zero-order chi connectivity index (χ0) is 11.7. The van der Waals surface area contributed by atoms with Crippen molar-refractivity contribution in [2.75, 3.05) is 0 Å². The highest BCUT2D eigenvalue weighted by molar-refractivity contribution is 6.30. The number of aryl methyl sites for hydroxylation is 1. The van der Waals surface area contributed by atoms with Gasteiger partial charge in [0.1, 0.15) is 11.2 Å². The number of hydrogen-bond donors (Lipinski definition) is 2. The fourth-order valence-corrected chi connectivity index (χ4v) is 1.63. The minimum absolute atomic E-state index is 0.0871. The van der Waals surface area contributed by atoms with E-state index < -0.39 is 12.0 Å². The van der Waals surface area contributed by atoms with E-state index in [4.69, 9.17) is 22.4 Å². The normalized spacial score (nSPS) is 13.2. The molecule has 0 spiro atoms. The van der Waals surface area contributed by atoms with Crippen LogP contribution in [0.5, 0.6) is 0 Å². The van der Waals surface area contributed by atoms with Crippen LogP contribution in [0.15, 0.2) is 0 Å². The van der Waals surface area contributed by atoms with E-state index in [1.54, 1.807) is 7.05 Å². The molecule has 5 nitrogen and oxygen atoms in total. The van der Waals surface area contributed by atoms with Crippen molar-refractivity contribution >= 4 is 17.6 Å². The second kappa shape index (κ2) is 4.20. The Balaban J connectivity index is 3.31. The topological polar surface area (TPSA) is 81.1 Å². The summed E-state index contributed by atoms with van der Waals surface area (Å²) in [5.41, 5.74) is 6.59. The molecule has 0 amide bonds. The monoisotopic (exact) mass is 231 g/mol. The fourth-order valence-electron chi connectivity index (χ4n) is 1.38. The third-order valence-electron chi connectivity index (χ3n) is 2.16. The number of nitrogens with zero attached hydrogens (tertiary/aromatic N) is 2. The lowest BCUT2D eigenvalue weighted by molar-refractivity contribution is -0.138. The Labute approximate surface area is 92.8 Å². The molecule has 0 saturated carbocycles. The Morgan fingerprint density at radius 3 is 2.53 bits per heavy atom. The van der Waals surface area contributed by atoms with Gasteiger partial charge < -0.3 is 10.8 Å². The Hall–Kier alpha value is -1.07. The molecule has 1 unspecified atom stereocenters. The molecule has 1 rings (SSSR count). The van der Waals surface area contributed by atoms with Crippen LogP contribution in [0.1, 0.15) is 37.1 Å². The molecule has 0 fully saturated rings. The number of hydrogen-bond acceptors (Lipinski definition) is 3. The molecule has 0 saturated heterocycles. The summed E-state index contributed by atoms with van der Waals surface area (Å²) < 4.78 is 1.44. The number of carbonyl (C=O) groups is 1. The summed E-state index contributed by atoms with van der Waals surface area (Å²) in [5.74, 6) is -1.02. The molecule has 0 aliphatic carbocycles. The third kappa shape index (κ3) is 2.13. The molecule has 0 aliphatic rings. The van der Waals surface area contributed by atoms with Gasteiger partial charge in [-0.15, -0.1) is 0 Å². The summed E-state index contributed by atoms with van der Waals surface area (Å²) in [6, 6.07) is -1.12. The van der Waals surface area contributed by atoms with Crippen LogP contribution in [0.4, 0.5) is 0 Å². The standard InChI is InChI=1S/C9H14ClN3O2/c1-4(2)7-5(6(11)9(14)15)8(10)13(3)12-7/h4,6H,11H2,1-3H3,(H,14,15). The average molecular weight is 232 g/mol. The highest BCUT2D eigenvalue weighted by atomic mass is 35.5. The lowest BCUT2D eigenvalue weighted by atomic mass is 10.0. The molecule has 1 aromatic heterocycles. The maximum absolute atomic E-state index is 10.8. The second-order valence-electron chi connectivity index (χ2n) is 3.68. The molecule has 0 bridgehead atoms. The van der Waals surface area contributed by atoms with Crippen LogP contribution < -0.4 is 5.73 Å². The Kier molecular flexibility index (Phi) is 3.36. The summed E-state index contributed by atoms with van der Waals surface area (Å²) >= 11 is 5.95. The highest BCUT2D eigenvalue weighted by Gasteiger charge is 2.26. The van der Waals surface area contributed by atoms with Gasteiger partial charge in [0.05, 0.1) is 5.69 Å². The first-order chi connectivity index (χ1) is 6.86. The Morgan fingerprint density at radius 1 is 1.60 bits per heavy atom. The van der Waals surface area contributed by atoms with E-state index in [-0.39, 0.29) is 11.1 Å². The highest BCUT2D eigenvalue weighted by Crippen LogP contribution is 2.29. The van der Waals surface area contributed by atoms with Gasteiger partial charge in [-0.3, -0.25) is 9.48 Å². The van der Waals surface area contributed by atoms with Gasteiger partial charge in [-0.1, -0.05) is 25.4 Å². The van der Waals surface area contributed by atoms with Crippen LogP contribution in [0, 0.1) is 0 Å². The minimum atomic E-state index is -1.12. The molecule has 3 N–H and O–H groups in total. The summed E-state index contributed by atoms with van der Waals surface area (Å²) in [5, 5.41) is 13.3. The number of aliphatic carboxylic acids is 1. The van der Waals surface area contributed by atoms with Crippen LogP contribution in [-0.2, 0) is 11.8 Å². The molecule has 1 heterocycles. The molecular weight excluding hydrogens is 218 g/mol. The van der Waals surface area contributed by atoms with Crippen molar-refractivity contribution in [3.63, 3.8) is 0 Å². The van der Waals surface area contributed by atoms with E-state index in [2.05, 4.69) is 5.10 Å². The molecule has 1 aromatic rings. The van der Waals surface area contributed by atoms with Crippen LogP contribution in [0.3, 0.4) is 0 Å². The quantitative estimate of drug-likeness (QED) is 0.821. The lowest BCUT2D eigenvalue weighted by Crippen LogP contribution is -2.22. The first kappa shape index (κ1) is 12.0. The summed E-state index contributed by atoms with van der Waals surface area (Å²) in [6.45, 7) is 3.83. The van der Waals surface area contributed by atoms with E-state index in [1.165, 1.54) is 4.68 Å². The van der Waals surface area contributed by atoms with Crippen LogP contribution in [0.2, 0.25) is 5.15 Å². The smallest absolute Gasteiger partial charge is 0.325 e. The molecule has 0 aliphatic heterocycles. The molecule has 1 atom stereocenters. The molecule has 15 heavy (non-hydrogen) atoms. The first-order valence-electron chi connectivity index (χ1n) is 4.57. The van der Waals surface area contributed by atoms with Gasteiger partial charge in [0.2, 0.25) is 0 Å². The van der Waals surface area contributed by atoms with Crippen LogP contribution in [0.25, 0.3) is 0 Å². The number of halogens is 1. The SMILES string of the molecule is CC(C)c1nn(C)c(Cl)c1C(N)C(=O)O. The second-order valence-corrected chi connectivity index (χ2v) is 4.04. The zero-order valence-electron chi connectivity index (χ0n) is 8.86. The predicted octanol–water partition coefficient (Wildman–Crippen LogP) is 1.28. The molecule has 0 aromatic carbocycles. The van der Waals surface area contributed by atoms with Crippen molar-refractivity contribution in [3.05, 3.63) is 16.4 Å². The largest absolute Gasteiger partial charge is 0.480 e. The van der Waals surface area contributed by atoms with Gasteiger partial charge in [-0.2, -0.15) is 5.10 Å². The lowest BCUT2D eigenvalue weighted by Gasteiger charge is -2.09. The predicted molar refractivity (Wildman–Crippen MR) is 56.9 cm³/mol. The van der Waals surface area contributed by atoms with Gasteiger partial charge in [0.15, 0.2) is 0 Å². The molecular formula is C9H14ClN3O2. The van der Waals surface area contributed by atoms with Gasteiger partial charge in [-0.25, -0.2) is 0 Å². The maximum Gasteiger partial charge on any atom is 0.325 e. The molecule has 0 radical (unpaired) electrons. The van der Waals surface area contributed by atoms with Gasteiger partial charge >= 0.3 is 5.97 Å². The van der Waals surface area contributed by atoms with Crippen molar-refractivity contribution in [2.45, 2.75) is 25.8 Å². The van der Waals surface area contributed by atoms with Crippen molar-refractivity contribution in [1.82, 2.24) is 9.78 Å². The Morgan fingerprint density at radius 2 is 2.13 bits per heavy atom. The first-order valence-corrected chi connectivity index (χ1v) is 4.94. The van der Waals surface area contributed by atoms with Gasteiger partial charge in [0, 0.05) is 12.6 Å². The van der Waals surface area contributed by atoms with E-state index in [0.29, 0.717) is 11.3 Å². The van der Waals surface area contributed by atoms with Gasteiger partial charge in [0.25, 0.3) is 0 Å². The van der Waals surface area contributed by atoms with Gasteiger partial charge in [-0.05, 0) is 5.92 Å². The number of carboxylic acid groups (broad SMARTS) is 1. The minimum Gasteiger partial charge on any atom is -0.480 e. The van der Waals surface area contributed by atoms with Crippen LogP contribution >= 0.6 is 11.6 Å². The van der Waals surface area contributed by atoms with E-state index >= 15 is 0 Å². The summed E-state index contributed by atoms with van der Waals surface area (Å²) in [6.07, 6.45) is 0.